The molecule has 2 N–H and O–H groups in total. The van der Waals surface area contributed by atoms with Crippen LogP contribution < -0.4 is 15.0 Å². The van der Waals surface area contributed by atoms with Crippen molar-refractivity contribution in [2.24, 2.45) is 5.11 Å². The van der Waals surface area contributed by atoms with Crippen LogP contribution in [0.5, 0.6) is 11.5 Å². The Kier molecular flexibility index (Phi) is 11.1. The van der Waals surface area contributed by atoms with Crippen LogP contribution in [0.15, 0.2) is 51.3 Å². The van der Waals surface area contributed by atoms with Gasteiger partial charge < -0.3 is 14.4 Å². The average Bonchev–Trinajstić information content (AvgIpc) is 2.81. The lowest BCUT2D eigenvalue weighted by Gasteiger charge is -2.21. The molecule has 0 atom stereocenters. The van der Waals surface area contributed by atoms with Gasteiger partial charge in [-0.3, -0.25) is 4.79 Å². The van der Waals surface area contributed by atoms with E-state index in [0.29, 0.717) is 49.1 Å². The van der Waals surface area contributed by atoms with Gasteiger partial charge in [0.1, 0.15) is 5.75 Å². The van der Waals surface area contributed by atoms with Gasteiger partial charge in [-0.15, -0.1) is 0 Å². The second-order valence-corrected chi connectivity index (χ2v) is 8.46. The number of carbonyl (C=O) groups is 1. The molecule has 0 aliphatic carbocycles. The summed E-state index contributed by atoms with van der Waals surface area (Å²) in [5, 5.41) is 3.90. The fourth-order valence-corrected chi connectivity index (χ4v) is 4.16. The van der Waals surface area contributed by atoms with E-state index >= 15 is 0 Å². The summed E-state index contributed by atoms with van der Waals surface area (Å²) in [6.45, 7) is 10.8. The van der Waals surface area contributed by atoms with E-state index in [1.165, 1.54) is 11.8 Å². The minimum atomic E-state index is 0.0274. The standard InChI is InChI=1S/C25H35N3O3S/c1-5-9-15-30-21-18-24(22(17-20(21)27-26)31-16-10-6-2)32-23-14-12-11-13-19(23)25(29)28(7-3)8-4/h11-14,17-18,26H,5-10,15-16H2,1-4H3/p+1. The summed E-state index contributed by atoms with van der Waals surface area (Å²) in [5.41, 5.74) is 6.88. The fraction of sp³-hybridized carbons (Fsp3) is 0.480. The lowest BCUT2D eigenvalue weighted by atomic mass is 10.2. The van der Waals surface area contributed by atoms with Gasteiger partial charge in [-0.05, 0) is 43.9 Å². The Hall–Kier alpha value is -2.54. The molecule has 0 saturated heterocycles. The molecule has 2 aromatic carbocycles. The van der Waals surface area contributed by atoms with Gasteiger partial charge in [0, 0.05) is 30.1 Å². The highest BCUT2D eigenvalue weighted by molar-refractivity contribution is 7.99. The molecule has 0 saturated carbocycles. The summed E-state index contributed by atoms with van der Waals surface area (Å²) in [4.78, 5) is 16.7. The van der Waals surface area contributed by atoms with Gasteiger partial charge >= 0.3 is 0 Å². The van der Waals surface area contributed by atoms with Crippen LogP contribution in [0.25, 0.3) is 0 Å². The van der Waals surface area contributed by atoms with E-state index in [4.69, 9.17) is 15.0 Å². The average molecular weight is 459 g/mol. The number of amides is 1. The van der Waals surface area contributed by atoms with E-state index in [2.05, 4.69) is 19.0 Å². The van der Waals surface area contributed by atoms with Gasteiger partial charge in [0.25, 0.3) is 5.91 Å². The minimum Gasteiger partial charge on any atom is -0.492 e. The Morgan fingerprint density at radius 2 is 1.56 bits per heavy atom. The SMILES string of the molecule is CCCCOc1cc(Sc2ccccc2C(=O)N(CC)CC)c(OCCCC)cc1N=[NH2+]. The fourth-order valence-electron chi connectivity index (χ4n) is 3.12. The number of carbonyl (C=O) groups excluding carboxylic acids is 1. The zero-order valence-corrected chi connectivity index (χ0v) is 20.5. The second-order valence-electron chi connectivity index (χ2n) is 7.38. The molecule has 2 rings (SSSR count). The molecule has 0 aromatic heterocycles. The molecule has 0 radical (unpaired) electrons. The van der Waals surface area contributed by atoms with Crippen LogP contribution in [-0.4, -0.2) is 37.1 Å². The van der Waals surface area contributed by atoms with Gasteiger partial charge in [-0.2, -0.15) is 5.53 Å². The quantitative estimate of drug-likeness (QED) is 0.299. The molecule has 0 spiro atoms. The van der Waals surface area contributed by atoms with Crippen LogP contribution in [0.2, 0.25) is 0 Å². The molecule has 0 heterocycles. The Morgan fingerprint density at radius 3 is 2.16 bits per heavy atom. The zero-order valence-electron chi connectivity index (χ0n) is 19.7. The summed E-state index contributed by atoms with van der Waals surface area (Å²) in [6.07, 6.45) is 3.97. The largest absolute Gasteiger partial charge is 0.492 e. The first-order valence-electron chi connectivity index (χ1n) is 11.5. The molecule has 0 unspecified atom stereocenters. The Labute approximate surface area is 196 Å². The third-order valence-electron chi connectivity index (χ3n) is 5.06. The smallest absolute Gasteiger partial charge is 0.254 e. The Bertz CT molecular complexity index is 885. The molecule has 1 amide bonds. The highest BCUT2D eigenvalue weighted by atomic mass is 32.2. The van der Waals surface area contributed by atoms with E-state index in [9.17, 15) is 4.79 Å². The Morgan fingerprint density at radius 1 is 0.938 bits per heavy atom. The predicted molar refractivity (Wildman–Crippen MR) is 129 cm³/mol. The third kappa shape index (κ3) is 6.99. The van der Waals surface area contributed by atoms with Crippen molar-refractivity contribution in [2.45, 2.75) is 63.2 Å². The number of nitrogens with two attached hydrogens (primary N) is 1. The normalized spacial score (nSPS) is 10.6. The summed E-state index contributed by atoms with van der Waals surface area (Å²) in [7, 11) is 0. The Balaban J connectivity index is 2.45. The maximum Gasteiger partial charge on any atom is 0.254 e. The van der Waals surface area contributed by atoms with Gasteiger partial charge in [0.05, 0.1) is 23.7 Å². The van der Waals surface area contributed by atoms with Gasteiger partial charge in [-0.25, -0.2) is 0 Å². The van der Waals surface area contributed by atoms with Crippen molar-refractivity contribution in [3.05, 3.63) is 42.0 Å². The molecule has 7 heteroatoms. The summed E-state index contributed by atoms with van der Waals surface area (Å²) in [6, 6.07) is 11.4. The molecule has 2 aromatic rings. The van der Waals surface area contributed by atoms with Crippen LogP contribution in [0.4, 0.5) is 5.69 Å². The summed E-state index contributed by atoms with van der Waals surface area (Å²) < 4.78 is 12.0. The highest BCUT2D eigenvalue weighted by Crippen LogP contribution is 2.43. The number of hydrogen-bond acceptors (Lipinski definition) is 5. The topological polar surface area (TPSA) is 76.7 Å². The molecule has 0 fully saturated rings. The lowest BCUT2D eigenvalue weighted by molar-refractivity contribution is -0.210. The maximum atomic E-state index is 13.1. The van der Waals surface area contributed by atoms with Crippen molar-refractivity contribution < 1.29 is 19.8 Å². The molecule has 32 heavy (non-hydrogen) atoms. The van der Waals surface area contributed by atoms with Crippen molar-refractivity contribution in [1.82, 2.24) is 4.90 Å². The van der Waals surface area contributed by atoms with Crippen LogP contribution >= 0.6 is 11.8 Å². The monoisotopic (exact) mass is 458 g/mol. The molecular weight excluding hydrogens is 422 g/mol. The minimum absolute atomic E-state index is 0.0274. The van der Waals surface area contributed by atoms with Crippen molar-refractivity contribution in [1.29, 1.82) is 0 Å². The molecule has 6 nitrogen and oxygen atoms in total. The number of unbranched alkanes of at least 4 members (excludes halogenated alkanes) is 2. The first-order chi connectivity index (χ1) is 15.6. The van der Waals surface area contributed by atoms with Crippen molar-refractivity contribution in [3.8, 4) is 11.5 Å². The zero-order chi connectivity index (χ0) is 23.3. The molecule has 174 valence electrons. The predicted octanol–water partition coefficient (Wildman–Crippen LogP) is 5.52. The molecule has 0 aliphatic heterocycles. The highest BCUT2D eigenvalue weighted by Gasteiger charge is 2.20. The van der Waals surface area contributed by atoms with Crippen molar-refractivity contribution >= 4 is 23.4 Å². The van der Waals surface area contributed by atoms with Crippen molar-refractivity contribution in [2.75, 3.05) is 26.3 Å². The van der Waals surface area contributed by atoms with Crippen LogP contribution in [0.1, 0.15) is 63.7 Å². The maximum absolute atomic E-state index is 13.1. The number of ether oxygens (including phenoxy) is 2. The molecule has 0 bridgehead atoms. The van der Waals surface area contributed by atoms with E-state index in [-0.39, 0.29) is 5.91 Å². The van der Waals surface area contributed by atoms with E-state index < -0.39 is 0 Å². The summed E-state index contributed by atoms with van der Waals surface area (Å²) in [5.74, 6) is 1.35. The number of benzene rings is 2. The number of hydrogen-bond donors (Lipinski definition) is 1. The molecule has 0 aliphatic rings. The lowest BCUT2D eigenvalue weighted by Crippen LogP contribution is -2.30. The van der Waals surface area contributed by atoms with Crippen LogP contribution in [-0.2, 0) is 0 Å². The number of nitrogens with zero attached hydrogens (tertiary/aromatic N) is 2. The first-order valence-corrected chi connectivity index (χ1v) is 12.3. The number of rotatable bonds is 14. The van der Waals surface area contributed by atoms with Crippen molar-refractivity contribution in [3.63, 3.8) is 0 Å². The van der Waals surface area contributed by atoms with Gasteiger partial charge in [-0.1, -0.05) is 50.6 Å². The first kappa shape index (κ1) is 25.7. The van der Waals surface area contributed by atoms with Gasteiger partial charge in [0.15, 0.2) is 11.4 Å². The second kappa shape index (κ2) is 13.8. The van der Waals surface area contributed by atoms with Crippen LogP contribution in [0.3, 0.4) is 0 Å². The van der Waals surface area contributed by atoms with E-state index in [1.54, 1.807) is 0 Å². The molecular formula is C25H36N3O3S+. The van der Waals surface area contributed by atoms with Crippen LogP contribution in [0, 0.1) is 0 Å². The van der Waals surface area contributed by atoms with Gasteiger partial charge in [0.2, 0.25) is 0 Å². The van der Waals surface area contributed by atoms with E-state index in [1.807, 2.05) is 55.1 Å². The summed E-state index contributed by atoms with van der Waals surface area (Å²) >= 11 is 1.50. The third-order valence-corrected chi connectivity index (χ3v) is 6.18. The van der Waals surface area contributed by atoms with E-state index in [0.717, 1.165) is 35.5 Å².